The number of hydrogen-bond acceptors (Lipinski definition) is 2. The van der Waals surface area contributed by atoms with Crippen molar-refractivity contribution in [2.75, 3.05) is 6.54 Å². The number of aliphatic imine (C=N–C) groups is 1. The van der Waals surface area contributed by atoms with E-state index in [0.29, 0.717) is 12.5 Å². The highest BCUT2D eigenvalue weighted by Crippen LogP contribution is 2.13. The molecule has 0 aromatic heterocycles. The molecule has 0 heterocycles. The van der Waals surface area contributed by atoms with Crippen LogP contribution in [0, 0.1) is 0 Å². The van der Waals surface area contributed by atoms with Gasteiger partial charge in [0.25, 0.3) is 0 Å². The van der Waals surface area contributed by atoms with Gasteiger partial charge in [0.2, 0.25) is 6.08 Å². The van der Waals surface area contributed by atoms with Gasteiger partial charge in [-0.25, -0.2) is 9.79 Å². The first-order chi connectivity index (χ1) is 5.84. The van der Waals surface area contributed by atoms with Gasteiger partial charge in [0.15, 0.2) is 0 Å². The lowest BCUT2D eigenvalue weighted by atomic mass is 10.0. The highest BCUT2D eigenvalue weighted by molar-refractivity contribution is 5.33. The summed E-state index contributed by atoms with van der Waals surface area (Å²) in [4.78, 5) is 13.4. The molecule has 1 rings (SSSR count). The first-order valence-electron chi connectivity index (χ1n) is 3.93. The van der Waals surface area contributed by atoms with Gasteiger partial charge >= 0.3 is 0 Å². The fourth-order valence-corrected chi connectivity index (χ4v) is 1.06. The molecule has 0 bridgehead atoms. The zero-order chi connectivity index (χ0) is 8.81. The SMILES string of the molecule is C[C@@H](CN=C=O)c1ccccc1. The van der Waals surface area contributed by atoms with Crippen LogP contribution in [0.4, 0.5) is 0 Å². The minimum Gasteiger partial charge on any atom is -0.211 e. The van der Waals surface area contributed by atoms with E-state index in [4.69, 9.17) is 0 Å². The largest absolute Gasteiger partial charge is 0.234 e. The summed E-state index contributed by atoms with van der Waals surface area (Å²) in [7, 11) is 0. The molecule has 0 aliphatic rings. The Hall–Kier alpha value is -1.40. The van der Waals surface area contributed by atoms with Gasteiger partial charge < -0.3 is 0 Å². The Labute approximate surface area is 71.9 Å². The van der Waals surface area contributed by atoms with Crippen LogP contribution in [0.1, 0.15) is 18.4 Å². The van der Waals surface area contributed by atoms with E-state index in [1.165, 1.54) is 5.56 Å². The van der Waals surface area contributed by atoms with Crippen LogP contribution in [0.3, 0.4) is 0 Å². The molecule has 2 heteroatoms. The molecule has 2 nitrogen and oxygen atoms in total. The van der Waals surface area contributed by atoms with Crippen LogP contribution in [0.2, 0.25) is 0 Å². The first-order valence-corrected chi connectivity index (χ1v) is 3.93. The molecule has 0 saturated carbocycles. The van der Waals surface area contributed by atoms with Gasteiger partial charge in [-0.2, -0.15) is 0 Å². The first kappa shape index (κ1) is 8.69. The quantitative estimate of drug-likeness (QED) is 0.493. The molecule has 12 heavy (non-hydrogen) atoms. The third kappa shape index (κ3) is 2.33. The van der Waals surface area contributed by atoms with E-state index >= 15 is 0 Å². The van der Waals surface area contributed by atoms with Crippen LogP contribution in [0.15, 0.2) is 35.3 Å². The third-order valence-electron chi connectivity index (χ3n) is 1.80. The Morgan fingerprint density at radius 2 is 2.08 bits per heavy atom. The minimum absolute atomic E-state index is 0.299. The van der Waals surface area contributed by atoms with Gasteiger partial charge in [-0.05, 0) is 5.56 Å². The summed E-state index contributed by atoms with van der Waals surface area (Å²) in [6, 6.07) is 10.0. The lowest BCUT2D eigenvalue weighted by molar-refractivity contribution is 0.561. The van der Waals surface area contributed by atoms with Crippen molar-refractivity contribution in [2.45, 2.75) is 12.8 Å². The van der Waals surface area contributed by atoms with Crippen molar-refractivity contribution >= 4 is 6.08 Å². The van der Waals surface area contributed by atoms with Crippen LogP contribution in [-0.2, 0) is 4.79 Å². The van der Waals surface area contributed by atoms with Gasteiger partial charge in [0.1, 0.15) is 0 Å². The second kappa shape index (κ2) is 4.47. The van der Waals surface area contributed by atoms with Crippen LogP contribution < -0.4 is 0 Å². The standard InChI is InChI=1S/C10H11NO/c1-9(7-11-8-12)10-5-3-2-4-6-10/h2-6,9H,7H2,1H3/t9-/m0/s1. The maximum atomic E-state index is 9.85. The Balaban J connectivity index is 2.65. The lowest BCUT2D eigenvalue weighted by Crippen LogP contribution is -1.96. The number of hydrogen-bond donors (Lipinski definition) is 0. The molecule has 0 spiro atoms. The Kier molecular flexibility index (Phi) is 3.24. The zero-order valence-corrected chi connectivity index (χ0v) is 7.03. The smallest absolute Gasteiger partial charge is 0.211 e. The van der Waals surface area contributed by atoms with Crippen LogP contribution in [-0.4, -0.2) is 12.6 Å². The fourth-order valence-electron chi connectivity index (χ4n) is 1.06. The summed E-state index contributed by atoms with van der Waals surface area (Å²) < 4.78 is 0. The second-order valence-electron chi connectivity index (χ2n) is 2.74. The summed E-state index contributed by atoms with van der Waals surface area (Å²) in [5.41, 5.74) is 1.21. The Morgan fingerprint density at radius 3 is 2.67 bits per heavy atom. The lowest BCUT2D eigenvalue weighted by Gasteiger charge is -2.06. The average Bonchev–Trinajstić information content (AvgIpc) is 2.15. The van der Waals surface area contributed by atoms with Crippen molar-refractivity contribution in [1.29, 1.82) is 0 Å². The van der Waals surface area contributed by atoms with Crippen molar-refractivity contribution < 1.29 is 4.79 Å². The Bertz CT molecular complexity index is 275. The number of benzene rings is 1. The van der Waals surface area contributed by atoms with E-state index in [1.807, 2.05) is 37.3 Å². The van der Waals surface area contributed by atoms with Crippen molar-refractivity contribution in [3.63, 3.8) is 0 Å². The van der Waals surface area contributed by atoms with E-state index in [1.54, 1.807) is 6.08 Å². The second-order valence-corrected chi connectivity index (χ2v) is 2.74. The summed E-state index contributed by atoms with van der Waals surface area (Å²) in [6.07, 6.45) is 1.54. The van der Waals surface area contributed by atoms with Gasteiger partial charge in [-0.15, -0.1) is 0 Å². The summed E-state index contributed by atoms with van der Waals surface area (Å²) in [5, 5.41) is 0. The number of rotatable bonds is 3. The molecule has 0 saturated heterocycles. The topological polar surface area (TPSA) is 29.4 Å². The molecule has 0 aliphatic carbocycles. The molecule has 1 atom stereocenters. The molecule has 0 radical (unpaired) electrons. The van der Waals surface area contributed by atoms with E-state index in [0.717, 1.165) is 0 Å². The molecule has 0 amide bonds. The molecular weight excluding hydrogens is 150 g/mol. The van der Waals surface area contributed by atoms with Crippen LogP contribution >= 0.6 is 0 Å². The van der Waals surface area contributed by atoms with Gasteiger partial charge in [-0.1, -0.05) is 37.3 Å². The average molecular weight is 161 g/mol. The molecule has 0 unspecified atom stereocenters. The predicted molar refractivity (Wildman–Crippen MR) is 47.8 cm³/mol. The van der Waals surface area contributed by atoms with E-state index in [2.05, 4.69) is 4.99 Å². The van der Waals surface area contributed by atoms with Gasteiger partial charge in [-0.3, -0.25) is 0 Å². The molecule has 62 valence electrons. The molecule has 1 aromatic carbocycles. The number of carbonyl (C=O) groups excluding carboxylic acids is 1. The van der Waals surface area contributed by atoms with Crippen molar-refractivity contribution in [2.24, 2.45) is 4.99 Å². The van der Waals surface area contributed by atoms with Crippen molar-refractivity contribution in [3.8, 4) is 0 Å². The van der Waals surface area contributed by atoms with Crippen molar-refractivity contribution in [3.05, 3.63) is 35.9 Å². The van der Waals surface area contributed by atoms with E-state index < -0.39 is 0 Å². The van der Waals surface area contributed by atoms with E-state index in [9.17, 15) is 4.79 Å². The predicted octanol–water partition coefficient (Wildman–Crippen LogP) is 2.13. The zero-order valence-electron chi connectivity index (χ0n) is 7.03. The number of nitrogens with zero attached hydrogens (tertiary/aromatic N) is 1. The maximum Gasteiger partial charge on any atom is 0.234 e. The molecule has 0 N–H and O–H groups in total. The maximum absolute atomic E-state index is 9.85. The molecular formula is C10H11NO. The molecule has 0 fully saturated rings. The number of isocyanates is 1. The fraction of sp³-hybridized carbons (Fsp3) is 0.300. The van der Waals surface area contributed by atoms with Crippen LogP contribution in [0.25, 0.3) is 0 Å². The highest BCUT2D eigenvalue weighted by Gasteiger charge is 2.01. The van der Waals surface area contributed by atoms with Gasteiger partial charge in [0.05, 0.1) is 6.54 Å². The monoisotopic (exact) mass is 161 g/mol. The van der Waals surface area contributed by atoms with E-state index in [-0.39, 0.29) is 0 Å². The summed E-state index contributed by atoms with van der Waals surface area (Å²) >= 11 is 0. The minimum atomic E-state index is 0.299. The summed E-state index contributed by atoms with van der Waals surface area (Å²) in [5.74, 6) is 0.299. The molecule has 0 aliphatic heterocycles. The summed E-state index contributed by atoms with van der Waals surface area (Å²) in [6.45, 7) is 2.56. The molecule has 1 aromatic rings. The van der Waals surface area contributed by atoms with Crippen molar-refractivity contribution in [1.82, 2.24) is 0 Å². The third-order valence-corrected chi connectivity index (χ3v) is 1.80. The highest BCUT2D eigenvalue weighted by atomic mass is 16.1. The van der Waals surface area contributed by atoms with Gasteiger partial charge in [0, 0.05) is 5.92 Å². The van der Waals surface area contributed by atoms with Crippen LogP contribution in [0.5, 0.6) is 0 Å². The Morgan fingerprint density at radius 1 is 1.42 bits per heavy atom. The normalized spacial score (nSPS) is 11.8.